The maximum Gasteiger partial charge on any atom is 0.437 e. The zero-order valence-corrected chi connectivity index (χ0v) is 13.1. The monoisotopic (exact) mass is 366 g/mol. The van der Waals surface area contributed by atoms with Crippen LogP contribution in [0.1, 0.15) is 18.5 Å². The van der Waals surface area contributed by atoms with E-state index in [1.165, 1.54) is 36.5 Å². The fourth-order valence-corrected chi connectivity index (χ4v) is 2.71. The van der Waals surface area contributed by atoms with Gasteiger partial charge in [0.15, 0.2) is 0 Å². The van der Waals surface area contributed by atoms with Crippen LogP contribution in [0.3, 0.4) is 0 Å². The number of rotatable bonds is 3. The third kappa shape index (κ3) is 3.27. The second-order valence-electron chi connectivity index (χ2n) is 5.12. The zero-order chi connectivity index (χ0) is 18.1. The predicted octanol–water partition coefficient (Wildman–Crippen LogP) is 2.12. The first-order valence-electron chi connectivity index (χ1n) is 6.90. The van der Waals surface area contributed by atoms with E-state index < -0.39 is 35.9 Å². The summed E-state index contributed by atoms with van der Waals surface area (Å²) in [6.45, 7) is 1.22. The summed E-state index contributed by atoms with van der Waals surface area (Å²) >= 11 is 5.82. The molecule has 0 bridgehead atoms. The minimum absolute atomic E-state index is 0.123. The molecule has 2 rings (SSSR count). The Bertz CT molecular complexity index is 655. The van der Waals surface area contributed by atoms with Gasteiger partial charge in [0.2, 0.25) is 0 Å². The molecule has 1 aromatic carbocycles. The molecule has 1 fully saturated rings. The highest BCUT2D eigenvalue weighted by molar-refractivity contribution is 6.30. The van der Waals surface area contributed by atoms with E-state index in [-0.39, 0.29) is 17.2 Å². The van der Waals surface area contributed by atoms with Crippen LogP contribution < -0.4 is 10.6 Å². The van der Waals surface area contributed by atoms with E-state index in [9.17, 15) is 27.9 Å². The van der Waals surface area contributed by atoms with Gasteiger partial charge in [-0.05, 0) is 24.6 Å². The Morgan fingerprint density at radius 2 is 2.12 bits per heavy atom. The molecule has 1 heterocycles. The van der Waals surface area contributed by atoms with E-state index in [1.54, 1.807) is 0 Å². The number of halogens is 4. The summed E-state index contributed by atoms with van der Waals surface area (Å²) in [6.07, 6.45) is -5.31. The molecule has 3 N–H and O–H groups in total. The zero-order valence-electron chi connectivity index (χ0n) is 12.4. The molecule has 132 valence electrons. The normalized spacial score (nSPS) is 27.2. The molecule has 0 aromatic heterocycles. The Hall–Kier alpha value is -2.00. The van der Waals surface area contributed by atoms with E-state index in [1.807, 2.05) is 0 Å². The van der Waals surface area contributed by atoms with E-state index in [0.717, 1.165) is 0 Å². The van der Waals surface area contributed by atoms with Crippen molar-refractivity contribution in [1.82, 2.24) is 10.6 Å². The topological polar surface area (TPSA) is 87.7 Å². The fourth-order valence-electron chi connectivity index (χ4n) is 2.51. The number of ether oxygens (including phenoxy) is 1. The Kier molecular flexibility index (Phi) is 4.95. The Balaban J connectivity index is 2.57. The molecule has 10 heteroatoms. The van der Waals surface area contributed by atoms with Crippen molar-refractivity contribution < 1.29 is 32.6 Å². The summed E-state index contributed by atoms with van der Waals surface area (Å²) < 4.78 is 44.8. The number of carbonyl (C=O) groups excluding carboxylic acids is 2. The Morgan fingerprint density at radius 3 is 2.67 bits per heavy atom. The van der Waals surface area contributed by atoms with E-state index >= 15 is 0 Å². The summed E-state index contributed by atoms with van der Waals surface area (Å²) in [5, 5.41) is 13.9. The number of esters is 1. The number of amides is 2. The third-order valence-electron chi connectivity index (χ3n) is 3.55. The highest BCUT2D eigenvalue weighted by atomic mass is 35.5. The molecular weight excluding hydrogens is 353 g/mol. The van der Waals surface area contributed by atoms with Gasteiger partial charge < -0.3 is 20.5 Å². The van der Waals surface area contributed by atoms with Crippen LogP contribution in [0.2, 0.25) is 5.02 Å². The molecule has 1 aliphatic heterocycles. The standard InChI is InChI=1S/C14H14ClF3N2O4/c1-2-24-11(21)9-10(7-4-3-5-8(15)6-7)19-12(22)20-13(9,23)14(16,17)18/h3-6,9-10,23H,2H2,1H3,(H2,19,20,22)/t9-,10+,13+/m1/s1. The second-order valence-corrected chi connectivity index (χ2v) is 5.56. The van der Waals surface area contributed by atoms with Crippen LogP contribution in [-0.4, -0.2) is 35.6 Å². The lowest BCUT2D eigenvalue weighted by atomic mass is 9.82. The van der Waals surface area contributed by atoms with Crippen LogP contribution in [0.5, 0.6) is 0 Å². The van der Waals surface area contributed by atoms with Crippen molar-refractivity contribution in [2.45, 2.75) is 24.9 Å². The lowest BCUT2D eigenvalue weighted by Crippen LogP contribution is -2.73. The van der Waals surface area contributed by atoms with Crippen molar-refractivity contribution in [2.24, 2.45) is 5.92 Å². The summed E-state index contributed by atoms with van der Waals surface area (Å²) in [7, 11) is 0. The molecular formula is C14H14ClF3N2O4. The van der Waals surface area contributed by atoms with Crippen molar-refractivity contribution in [3.8, 4) is 0 Å². The SMILES string of the molecule is CCOC(=O)[C@H]1[C@H](c2cccc(Cl)c2)NC(=O)N[C@@]1(O)C(F)(F)F. The first-order valence-corrected chi connectivity index (χ1v) is 7.28. The largest absolute Gasteiger partial charge is 0.466 e. The van der Waals surface area contributed by atoms with Crippen LogP contribution >= 0.6 is 11.6 Å². The van der Waals surface area contributed by atoms with Crippen LogP contribution in [0.4, 0.5) is 18.0 Å². The average molecular weight is 367 g/mol. The maximum absolute atomic E-state index is 13.4. The molecule has 24 heavy (non-hydrogen) atoms. The van der Waals surface area contributed by atoms with Gasteiger partial charge in [0, 0.05) is 5.02 Å². The summed E-state index contributed by atoms with van der Waals surface area (Å²) in [5.41, 5.74) is -3.66. The molecule has 0 aliphatic carbocycles. The van der Waals surface area contributed by atoms with Gasteiger partial charge in [-0.1, -0.05) is 23.7 Å². The summed E-state index contributed by atoms with van der Waals surface area (Å²) in [6, 6.07) is 2.83. The van der Waals surface area contributed by atoms with Crippen molar-refractivity contribution >= 4 is 23.6 Å². The number of benzene rings is 1. The minimum atomic E-state index is -5.31. The highest BCUT2D eigenvalue weighted by Gasteiger charge is 2.67. The number of hydrogen-bond acceptors (Lipinski definition) is 4. The summed E-state index contributed by atoms with van der Waals surface area (Å²) in [4.78, 5) is 23.8. The van der Waals surface area contributed by atoms with E-state index in [0.29, 0.717) is 0 Å². The molecule has 0 unspecified atom stereocenters. The molecule has 1 aromatic rings. The van der Waals surface area contributed by atoms with Crippen molar-refractivity contribution in [2.75, 3.05) is 6.61 Å². The lowest BCUT2D eigenvalue weighted by Gasteiger charge is -2.44. The molecule has 2 amide bonds. The summed E-state index contributed by atoms with van der Waals surface area (Å²) in [5.74, 6) is -3.47. The second kappa shape index (κ2) is 6.48. The van der Waals surface area contributed by atoms with E-state index in [2.05, 4.69) is 10.1 Å². The molecule has 0 spiro atoms. The van der Waals surface area contributed by atoms with Crippen LogP contribution in [0.25, 0.3) is 0 Å². The maximum atomic E-state index is 13.4. The van der Waals surface area contributed by atoms with Crippen LogP contribution in [0, 0.1) is 5.92 Å². The molecule has 0 radical (unpaired) electrons. The first-order chi connectivity index (χ1) is 11.1. The van der Waals surface area contributed by atoms with Gasteiger partial charge in [-0.3, -0.25) is 4.79 Å². The Morgan fingerprint density at radius 1 is 1.46 bits per heavy atom. The number of urea groups is 1. The molecule has 6 nitrogen and oxygen atoms in total. The molecule has 3 atom stereocenters. The fraction of sp³-hybridized carbons (Fsp3) is 0.429. The van der Waals surface area contributed by atoms with E-state index in [4.69, 9.17) is 11.6 Å². The average Bonchev–Trinajstić information content (AvgIpc) is 2.45. The predicted molar refractivity (Wildman–Crippen MR) is 77.0 cm³/mol. The van der Waals surface area contributed by atoms with Gasteiger partial charge in [0.1, 0.15) is 5.92 Å². The van der Waals surface area contributed by atoms with Crippen LogP contribution in [-0.2, 0) is 9.53 Å². The number of alkyl halides is 3. The number of aliphatic hydroxyl groups is 1. The van der Waals surface area contributed by atoms with Gasteiger partial charge in [-0.25, -0.2) is 4.79 Å². The first kappa shape index (κ1) is 18.3. The van der Waals surface area contributed by atoms with Gasteiger partial charge >= 0.3 is 18.2 Å². The quantitative estimate of drug-likeness (QED) is 0.715. The number of carbonyl (C=O) groups is 2. The molecule has 1 aliphatic rings. The number of hydrogen-bond donors (Lipinski definition) is 3. The van der Waals surface area contributed by atoms with Gasteiger partial charge in [0.05, 0.1) is 12.6 Å². The third-order valence-corrected chi connectivity index (χ3v) is 3.79. The Labute approximate surface area is 139 Å². The highest BCUT2D eigenvalue weighted by Crippen LogP contribution is 2.43. The molecule has 0 saturated carbocycles. The van der Waals surface area contributed by atoms with Gasteiger partial charge in [0.25, 0.3) is 5.72 Å². The number of nitrogens with one attached hydrogen (secondary N) is 2. The van der Waals surface area contributed by atoms with Gasteiger partial charge in [-0.2, -0.15) is 13.2 Å². The minimum Gasteiger partial charge on any atom is -0.466 e. The lowest BCUT2D eigenvalue weighted by molar-refractivity contribution is -0.294. The van der Waals surface area contributed by atoms with Crippen molar-refractivity contribution in [1.29, 1.82) is 0 Å². The molecule has 1 saturated heterocycles. The van der Waals surface area contributed by atoms with Crippen LogP contribution in [0.15, 0.2) is 24.3 Å². The smallest absolute Gasteiger partial charge is 0.437 e. The van der Waals surface area contributed by atoms with Crippen molar-refractivity contribution in [3.63, 3.8) is 0 Å². The van der Waals surface area contributed by atoms with Gasteiger partial charge in [-0.15, -0.1) is 0 Å². The van der Waals surface area contributed by atoms with Crippen molar-refractivity contribution in [3.05, 3.63) is 34.9 Å².